The molecule has 0 radical (unpaired) electrons. The zero-order valence-corrected chi connectivity index (χ0v) is 13.8. The lowest BCUT2D eigenvalue weighted by Crippen LogP contribution is -2.29. The Kier molecular flexibility index (Phi) is 5.66. The Balaban J connectivity index is 2.22. The number of amides is 1. The van der Waals surface area contributed by atoms with E-state index in [1.54, 1.807) is 0 Å². The Hall–Kier alpha value is -1.87. The maximum absolute atomic E-state index is 13.0. The normalized spacial score (nSPS) is 17.0. The number of rotatable bonds is 5. The molecule has 2 rings (SSSR count). The number of halogens is 3. The van der Waals surface area contributed by atoms with Gasteiger partial charge in [0.1, 0.15) is 4.32 Å². The molecule has 1 aromatic carbocycles. The summed E-state index contributed by atoms with van der Waals surface area (Å²) in [5.74, 6) is -1.50. The van der Waals surface area contributed by atoms with Crippen LogP contribution < -0.4 is 0 Å². The molecule has 9 heteroatoms. The molecule has 0 bridgehead atoms. The van der Waals surface area contributed by atoms with Gasteiger partial charge in [-0.2, -0.15) is 13.2 Å². The van der Waals surface area contributed by atoms with E-state index in [0.717, 1.165) is 17.8 Å². The summed E-state index contributed by atoms with van der Waals surface area (Å²) in [4.78, 5) is 24.1. The lowest BCUT2D eigenvalue weighted by Gasteiger charge is -2.13. The Bertz CT molecular complexity index is 716. The lowest BCUT2D eigenvalue weighted by molar-refractivity contribution is -0.138. The van der Waals surface area contributed by atoms with E-state index < -0.39 is 23.6 Å². The fraction of sp³-hybridized carbons (Fsp3) is 0.267. The van der Waals surface area contributed by atoms with Gasteiger partial charge in [-0.15, -0.1) is 0 Å². The van der Waals surface area contributed by atoms with Crippen LogP contribution in [-0.2, 0) is 15.8 Å². The lowest BCUT2D eigenvalue weighted by atomic mass is 10.1. The van der Waals surface area contributed by atoms with Crippen molar-refractivity contribution in [3.63, 3.8) is 0 Å². The predicted molar refractivity (Wildman–Crippen MR) is 88.2 cm³/mol. The molecule has 1 aromatic rings. The number of thioether (sulfide) groups is 1. The molecule has 4 nitrogen and oxygen atoms in total. The minimum absolute atomic E-state index is 0.0898. The molecule has 0 saturated carbocycles. The Morgan fingerprint density at radius 2 is 2.00 bits per heavy atom. The largest absolute Gasteiger partial charge is 0.481 e. The molecule has 128 valence electrons. The van der Waals surface area contributed by atoms with Gasteiger partial charge in [0.2, 0.25) is 0 Å². The molecule has 1 heterocycles. The third-order valence-electron chi connectivity index (χ3n) is 3.20. The average molecular weight is 375 g/mol. The topological polar surface area (TPSA) is 57.6 Å². The molecule has 0 spiro atoms. The monoisotopic (exact) mass is 375 g/mol. The fourth-order valence-corrected chi connectivity index (χ4v) is 3.40. The van der Waals surface area contributed by atoms with Crippen molar-refractivity contribution >= 4 is 46.3 Å². The minimum atomic E-state index is -4.53. The first kappa shape index (κ1) is 18.5. The van der Waals surface area contributed by atoms with Gasteiger partial charge in [-0.3, -0.25) is 14.5 Å². The second-order valence-corrected chi connectivity index (χ2v) is 6.59. The highest BCUT2D eigenvalue weighted by atomic mass is 32.2. The molecule has 1 aliphatic heterocycles. The number of benzene rings is 1. The first-order valence-electron chi connectivity index (χ1n) is 6.83. The van der Waals surface area contributed by atoms with Crippen LogP contribution >= 0.6 is 24.0 Å². The Morgan fingerprint density at radius 1 is 1.33 bits per heavy atom. The summed E-state index contributed by atoms with van der Waals surface area (Å²) in [5, 5.41) is 8.61. The Labute approximate surface area is 145 Å². The molecule has 24 heavy (non-hydrogen) atoms. The van der Waals surface area contributed by atoms with Gasteiger partial charge in [-0.05, 0) is 24.1 Å². The van der Waals surface area contributed by atoms with E-state index in [1.807, 2.05) is 0 Å². The highest BCUT2D eigenvalue weighted by Gasteiger charge is 2.35. The number of hydrogen-bond acceptors (Lipinski definition) is 4. The van der Waals surface area contributed by atoms with Gasteiger partial charge in [0.05, 0.1) is 10.5 Å². The van der Waals surface area contributed by atoms with Crippen LogP contribution in [0.1, 0.15) is 24.0 Å². The van der Waals surface area contributed by atoms with E-state index in [1.165, 1.54) is 29.2 Å². The van der Waals surface area contributed by atoms with Gasteiger partial charge in [-0.1, -0.05) is 42.2 Å². The van der Waals surface area contributed by atoms with Crippen LogP contribution in [0.25, 0.3) is 6.08 Å². The third-order valence-corrected chi connectivity index (χ3v) is 4.58. The van der Waals surface area contributed by atoms with E-state index in [2.05, 4.69) is 0 Å². The number of carbonyl (C=O) groups excluding carboxylic acids is 1. The standard InChI is InChI=1S/C15H12F3NO3S2/c16-15(17,18)10-5-2-1-4-9(10)8-11-13(22)19(14(23)24-11)7-3-6-12(20)21/h1-2,4-5,8H,3,6-7H2,(H,20,21)/b11-8-. The van der Waals surface area contributed by atoms with Crippen molar-refractivity contribution in [2.45, 2.75) is 19.0 Å². The summed E-state index contributed by atoms with van der Waals surface area (Å²) in [6, 6.07) is 4.95. The van der Waals surface area contributed by atoms with Crippen LogP contribution in [0.2, 0.25) is 0 Å². The highest BCUT2D eigenvalue weighted by Crippen LogP contribution is 2.36. The highest BCUT2D eigenvalue weighted by molar-refractivity contribution is 8.26. The molecule has 1 amide bonds. The predicted octanol–water partition coefficient (Wildman–Crippen LogP) is 3.77. The minimum Gasteiger partial charge on any atom is -0.481 e. The number of thiocarbonyl (C=S) groups is 1. The molecule has 0 aromatic heterocycles. The van der Waals surface area contributed by atoms with E-state index in [9.17, 15) is 22.8 Å². The smallest absolute Gasteiger partial charge is 0.416 e. The summed E-state index contributed by atoms with van der Waals surface area (Å²) in [6.45, 7) is 0.120. The van der Waals surface area contributed by atoms with E-state index >= 15 is 0 Å². The van der Waals surface area contributed by atoms with Crippen LogP contribution in [0.4, 0.5) is 13.2 Å². The Morgan fingerprint density at radius 3 is 2.62 bits per heavy atom. The molecular formula is C15H12F3NO3S2. The molecule has 1 N–H and O–H groups in total. The third kappa shape index (κ3) is 4.35. The number of hydrogen-bond donors (Lipinski definition) is 1. The van der Waals surface area contributed by atoms with Crippen molar-refractivity contribution < 1.29 is 27.9 Å². The van der Waals surface area contributed by atoms with Crippen LogP contribution in [0.3, 0.4) is 0 Å². The molecule has 1 fully saturated rings. The molecule has 0 aliphatic carbocycles. The first-order valence-corrected chi connectivity index (χ1v) is 8.06. The second kappa shape index (κ2) is 7.35. The number of nitrogens with zero attached hydrogens (tertiary/aromatic N) is 1. The van der Waals surface area contributed by atoms with Crippen molar-refractivity contribution in [3.05, 3.63) is 40.3 Å². The van der Waals surface area contributed by atoms with Crippen molar-refractivity contribution in [1.29, 1.82) is 0 Å². The molecule has 1 saturated heterocycles. The van der Waals surface area contributed by atoms with E-state index in [0.29, 0.717) is 0 Å². The van der Waals surface area contributed by atoms with Gasteiger partial charge in [0.15, 0.2) is 0 Å². The van der Waals surface area contributed by atoms with Crippen molar-refractivity contribution in [3.8, 4) is 0 Å². The van der Waals surface area contributed by atoms with Crippen molar-refractivity contribution in [2.24, 2.45) is 0 Å². The van der Waals surface area contributed by atoms with Crippen LogP contribution in [0.5, 0.6) is 0 Å². The number of aliphatic carboxylic acids is 1. The average Bonchev–Trinajstić information content (AvgIpc) is 2.74. The van der Waals surface area contributed by atoms with Crippen molar-refractivity contribution in [1.82, 2.24) is 4.90 Å². The van der Waals surface area contributed by atoms with Crippen molar-refractivity contribution in [2.75, 3.05) is 6.54 Å². The second-order valence-electron chi connectivity index (χ2n) is 4.92. The SMILES string of the molecule is O=C(O)CCCN1C(=O)/C(=C/c2ccccc2C(F)(F)F)SC1=S. The molecule has 0 atom stereocenters. The van der Waals surface area contributed by atoms with Gasteiger partial charge >= 0.3 is 12.1 Å². The van der Waals surface area contributed by atoms with Gasteiger partial charge in [-0.25, -0.2) is 0 Å². The zero-order chi connectivity index (χ0) is 17.9. The summed E-state index contributed by atoms with van der Waals surface area (Å²) in [7, 11) is 0. The molecule has 0 unspecified atom stereocenters. The van der Waals surface area contributed by atoms with Gasteiger partial charge < -0.3 is 5.11 Å². The molecular weight excluding hydrogens is 363 g/mol. The fourth-order valence-electron chi connectivity index (χ4n) is 2.10. The maximum atomic E-state index is 13.0. The number of carbonyl (C=O) groups is 2. The van der Waals surface area contributed by atoms with Crippen LogP contribution in [0.15, 0.2) is 29.2 Å². The quantitative estimate of drug-likeness (QED) is 0.627. The van der Waals surface area contributed by atoms with Gasteiger partial charge in [0, 0.05) is 13.0 Å². The van der Waals surface area contributed by atoms with Crippen LogP contribution in [-0.4, -0.2) is 32.7 Å². The van der Waals surface area contributed by atoms with Gasteiger partial charge in [0.25, 0.3) is 5.91 Å². The summed E-state index contributed by atoms with van der Waals surface area (Å²) in [5.41, 5.74) is -0.947. The number of alkyl halides is 3. The van der Waals surface area contributed by atoms with E-state index in [4.69, 9.17) is 17.3 Å². The summed E-state index contributed by atoms with van der Waals surface area (Å²) in [6.07, 6.45) is -3.26. The summed E-state index contributed by atoms with van der Waals surface area (Å²) >= 11 is 5.96. The zero-order valence-electron chi connectivity index (χ0n) is 12.2. The molecule has 1 aliphatic rings. The summed E-state index contributed by atoms with van der Waals surface area (Å²) < 4.78 is 39.2. The first-order chi connectivity index (χ1) is 11.2. The number of carboxylic acid groups (broad SMARTS) is 1. The van der Waals surface area contributed by atoms with E-state index in [-0.39, 0.29) is 34.2 Å². The van der Waals surface area contributed by atoms with Crippen LogP contribution in [0, 0.1) is 0 Å². The maximum Gasteiger partial charge on any atom is 0.416 e. The number of carboxylic acids is 1.